The molecule has 4 N–H and O–H groups in total. The molecule has 0 fully saturated rings. The van der Waals surface area contributed by atoms with E-state index in [2.05, 4.69) is 43.4 Å². The Kier molecular flexibility index (Phi) is 5.76. The van der Waals surface area contributed by atoms with Crippen LogP contribution in [0, 0.1) is 17.8 Å². The highest BCUT2D eigenvalue weighted by atomic mass is 16.1. The molecule has 0 radical (unpaired) electrons. The number of aromatic nitrogens is 1. The van der Waals surface area contributed by atoms with Crippen molar-refractivity contribution in [2.24, 2.45) is 23.6 Å². The van der Waals surface area contributed by atoms with Crippen molar-refractivity contribution in [3.63, 3.8) is 0 Å². The SMILES string of the molecule is CC(C)C(CNC(=O)c1ccc(NN)nc1)C(C)C. The van der Waals surface area contributed by atoms with Crippen LogP contribution in [0.25, 0.3) is 0 Å². The Labute approximate surface area is 115 Å². The lowest BCUT2D eigenvalue weighted by Crippen LogP contribution is -2.34. The van der Waals surface area contributed by atoms with E-state index in [9.17, 15) is 4.79 Å². The fraction of sp³-hybridized carbons (Fsp3) is 0.571. The molecule has 0 unspecified atom stereocenters. The lowest BCUT2D eigenvalue weighted by molar-refractivity contribution is 0.0937. The summed E-state index contributed by atoms with van der Waals surface area (Å²) in [4.78, 5) is 16.0. The minimum Gasteiger partial charge on any atom is -0.352 e. The molecule has 0 aliphatic heterocycles. The zero-order valence-electron chi connectivity index (χ0n) is 12.1. The van der Waals surface area contributed by atoms with Crippen molar-refractivity contribution < 1.29 is 4.79 Å². The molecule has 5 nitrogen and oxygen atoms in total. The number of nitrogens with zero attached hydrogens (tertiary/aromatic N) is 1. The zero-order chi connectivity index (χ0) is 14.4. The average molecular weight is 264 g/mol. The first kappa shape index (κ1) is 15.4. The van der Waals surface area contributed by atoms with Gasteiger partial charge in [-0.25, -0.2) is 10.8 Å². The fourth-order valence-corrected chi connectivity index (χ4v) is 2.17. The van der Waals surface area contributed by atoms with Gasteiger partial charge in [-0.1, -0.05) is 27.7 Å². The van der Waals surface area contributed by atoms with Crippen LogP contribution in [0.15, 0.2) is 18.3 Å². The number of anilines is 1. The van der Waals surface area contributed by atoms with E-state index >= 15 is 0 Å². The number of hydrazine groups is 1. The molecular weight excluding hydrogens is 240 g/mol. The molecule has 0 spiro atoms. The molecule has 0 aliphatic rings. The molecule has 0 aromatic carbocycles. The summed E-state index contributed by atoms with van der Waals surface area (Å²) in [6.07, 6.45) is 1.52. The summed E-state index contributed by atoms with van der Waals surface area (Å²) in [5.41, 5.74) is 2.98. The van der Waals surface area contributed by atoms with Gasteiger partial charge < -0.3 is 10.7 Å². The van der Waals surface area contributed by atoms with Gasteiger partial charge in [-0.05, 0) is 29.9 Å². The maximum absolute atomic E-state index is 12.0. The van der Waals surface area contributed by atoms with Crippen molar-refractivity contribution in [2.75, 3.05) is 12.0 Å². The first-order valence-electron chi connectivity index (χ1n) is 6.66. The predicted molar refractivity (Wildman–Crippen MR) is 77.5 cm³/mol. The Bertz CT molecular complexity index is 392. The topological polar surface area (TPSA) is 80.0 Å². The molecule has 0 saturated heterocycles. The standard InChI is InChI=1S/C14H24N4O/c1-9(2)12(10(3)4)8-17-14(19)11-5-6-13(18-15)16-7-11/h5-7,9-10,12H,8,15H2,1-4H3,(H,16,18)(H,17,19). The zero-order valence-corrected chi connectivity index (χ0v) is 12.1. The average Bonchev–Trinajstić information content (AvgIpc) is 2.38. The van der Waals surface area contributed by atoms with Crippen LogP contribution in [0.4, 0.5) is 5.82 Å². The Balaban J connectivity index is 2.58. The van der Waals surface area contributed by atoms with Crippen molar-refractivity contribution in [1.29, 1.82) is 0 Å². The fourth-order valence-electron chi connectivity index (χ4n) is 2.17. The number of nitrogens with one attached hydrogen (secondary N) is 2. The number of pyridine rings is 1. The molecule has 1 amide bonds. The van der Waals surface area contributed by atoms with Crippen molar-refractivity contribution in [1.82, 2.24) is 10.3 Å². The van der Waals surface area contributed by atoms with E-state index in [4.69, 9.17) is 5.84 Å². The van der Waals surface area contributed by atoms with E-state index < -0.39 is 0 Å². The maximum Gasteiger partial charge on any atom is 0.252 e. The molecule has 1 rings (SSSR count). The third kappa shape index (κ3) is 4.52. The molecule has 0 aliphatic carbocycles. The highest BCUT2D eigenvalue weighted by Crippen LogP contribution is 2.19. The van der Waals surface area contributed by atoms with Crippen molar-refractivity contribution in [3.8, 4) is 0 Å². The highest BCUT2D eigenvalue weighted by Gasteiger charge is 2.18. The normalized spacial score (nSPS) is 11.2. The van der Waals surface area contributed by atoms with Crippen molar-refractivity contribution >= 4 is 11.7 Å². The first-order valence-corrected chi connectivity index (χ1v) is 6.66. The predicted octanol–water partition coefficient (Wildman–Crippen LogP) is 2.03. The number of nitrogen functional groups attached to an aromatic ring is 1. The van der Waals surface area contributed by atoms with Gasteiger partial charge in [0, 0.05) is 12.7 Å². The second-order valence-corrected chi connectivity index (χ2v) is 5.44. The third-order valence-electron chi connectivity index (χ3n) is 3.38. The van der Waals surface area contributed by atoms with E-state index in [0.29, 0.717) is 35.7 Å². The summed E-state index contributed by atoms with van der Waals surface area (Å²) >= 11 is 0. The summed E-state index contributed by atoms with van der Waals surface area (Å²) in [7, 11) is 0. The summed E-state index contributed by atoms with van der Waals surface area (Å²) in [5, 5.41) is 2.97. The smallest absolute Gasteiger partial charge is 0.252 e. The van der Waals surface area contributed by atoms with Gasteiger partial charge in [0.1, 0.15) is 5.82 Å². The minimum atomic E-state index is -0.0950. The molecule has 0 bridgehead atoms. The van der Waals surface area contributed by atoms with Crippen LogP contribution in [-0.2, 0) is 0 Å². The van der Waals surface area contributed by atoms with Crippen LogP contribution in [0.2, 0.25) is 0 Å². The van der Waals surface area contributed by atoms with Crippen molar-refractivity contribution in [3.05, 3.63) is 23.9 Å². The maximum atomic E-state index is 12.0. The van der Waals surface area contributed by atoms with Gasteiger partial charge in [-0.2, -0.15) is 0 Å². The molecule has 0 atom stereocenters. The Morgan fingerprint density at radius 1 is 1.26 bits per heavy atom. The van der Waals surface area contributed by atoms with Gasteiger partial charge in [0.25, 0.3) is 5.91 Å². The summed E-state index contributed by atoms with van der Waals surface area (Å²) in [6.45, 7) is 9.41. The number of amides is 1. The Hall–Kier alpha value is -1.62. The third-order valence-corrected chi connectivity index (χ3v) is 3.38. The lowest BCUT2D eigenvalue weighted by atomic mass is 9.85. The number of hydrogen-bond donors (Lipinski definition) is 3. The van der Waals surface area contributed by atoms with Gasteiger partial charge in [-0.3, -0.25) is 4.79 Å². The largest absolute Gasteiger partial charge is 0.352 e. The molecule has 19 heavy (non-hydrogen) atoms. The summed E-state index contributed by atoms with van der Waals surface area (Å²) in [5.74, 6) is 7.23. The van der Waals surface area contributed by atoms with Crippen LogP contribution in [0.1, 0.15) is 38.1 Å². The minimum absolute atomic E-state index is 0.0950. The first-order chi connectivity index (χ1) is 8.95. The van der Waals surface area contributed by atoms with Gasteiger partial charge >= 0.3 is 0 Å². The Morgan fingerprint density at radius 3 is 2.32 bits per heavy atom. The van der Waals surface area contributed by atoms with Crippen LogP contribution in [0.5, 0.6) is 0 Å². The van der Waals surface area contributed by atoms with Gasteiger partial charge in [-0.15, -0.1) is 0 Å². The van der Waals surface area contributed by atoms with E-state index in [-0.39, 0.29) is 5.91 Å². The van der Waals surface area contributed by atoms with Gasteiger partial charge in [0.05, 0.1) is 5.56 Å². The van der Waals surface area contributed by atoms with E-state index in [0.717, 1.165) is 0 Å². The molecule has 106 valence electrons. The molecule has 1 aromatic rings. The summed E-state index contributed by atoms with van der Waals surface area (Å²) < 4.78 is 0. The van der Waals surface area contributed by atoms with Crippen LogP contribution < -0.4 is 16.6 Å². The second-order valence-electron chi connectivity index (χ2n) is 5.44. The quantitative estimate of drug-likeness (QED) is 0.542. The molecule has 1 aromatic heterocycles. The van der Waals surface area contributed by atoms with Gasteiger partial charge in [0.2, 0.25) is 0 Å². The molecular formula is C14H24N4O. The highest BCUT2D eigenvalue weighted by molar-refractivity contribution is 5.94. The number of carbonyl (C=O) groups excluding carboxylic acids is 1. The molecule has 1 heterocycles. The van der Waals surface area contributed by atoms with Crippen LogP contribution >= 0.6 is 0 Å². The van der Waals surface area contributed by atoms with E-state index in [1.807, 2.05) is 0 Å². The van der Waals surface area contributed by atoms with E-state index in [1.54, 1.807) is 12.1 Å². The molecule has 5 heteroatoms. The van der Waals surface area contributed by atoms with Crippen LogP contribution in [-0.4, -0.2) is 17.4 Å². The number of nitrogens with two attached hydrogens (primary N) is 1. The number of carbonyl (C=O) groups is 1. The number of rotatable bonds is 6. The van der Waals surface area contributed by atoms with Gasteiger partial charge in [0.15, 0.2) is 0 Å². The monoisotopic (exact) mass is 264 g/mol. The summed E-state index contributed by atoms with van der Waals surface area (Å²) in [6, 6.07) is 3.38. The second kappa shape index (κ2) is 7.09. The van der Waals surface area contributed by atoms with E-state index in [1.165, 1.54) is 6.20 Å². The molecule has 0 saturated carbocycles. The Morgan fingerprint density at radius 2 is 1.89 bits per heavy atom. The van der Waals surface area contributed by atoms with Crippen LogP contribution in [0.3, 0.4) is 0 Å². The van der Waals surface area contributed by atoms with Crippen molar-refractivity contribution in [2.45, 2.75) is 27.7 Å². The lowest BCUT2D eigenvalue weighted by Gasteiger charge is -2.25. The number of hydrogen-bond acceptors (Lipinski definition) is 4.